The van der Waals surface area contributed by atoms with Gasteiger partial charge in [0.15, 0.2) is 0 Å². The van der Waals surface area contributed by atoms with Crippen molar-refractivity contribution in [2.75, 3.05) is 0 Å². The standard InChI is InChI=1S/C14H14ClN3O3/c1-9(14(20)21)18-7-6-12(17-18)13(19)16-8-10-4-2-3-5-11(10)15/h2-7,9H,8H2,1H3,(H,16,19)(H,20,21). The van der Waals surface area contributed by atoms with E-state index in [4.69, 9.17) is 16.7 Å². The smallest absolute Gasteiger partial charge is 0.328 e. The highest BCUT2D eigenvalue weighted by atomic mass is 35.5. The summed E-state index contributed by atoms with van der Waals surface area (Å²) in [5.41, 5.74) is 0.959. The molecule has 0 aliphatic rings. The fourth-order valence-electron chi connectivity index (χ4n) is 1.70. The van der Waals surface area contributed by atoms with Crippen LogP contribution in [0.25, 0.3) is 0 Å². The van der Waals surface area contributed by atoms with Crippen molar-refractivity contribution in [3.05, 3.63) is 52.8 Å². The number of benzene rings is 1. The number of nitrogens with one attached hydrogen (secondary N) is 1. The number of nitrogens with zero attached hydrogens (tertiary/aromatic N) is 2. The van der Waals surface area contributed by atoms with E-state index in [0.29, 0.717) is 5.02 Å². The number of hydrogen-bond acceptors (Lipinski definition) is 3. The first-order valence-corrected chi connectivity index (χ1v) is 6.66. The lowest BCUT2D eigenvalue weighted by atomic mass is 10.2. The maximum atomic E-state index is 12.0. The van der Waals surface area contributed by atoms with Crippen molar-refractivity contribution in [2.45, 2.75) is 19.5 Å². The van der Waals surface area contributed by atoms with Gasteiger partial charge in [-0.25, -0.2) is 4.79 Å². The summed E-state index contributed by atoms with van der Waals surface area (Å²) in [6.45, 7) is 1.76. The monoisotopic (exact) mass is 307 g/mol. The van der Waals surface area contributed by atoms with Crippen LogP contribution < -0.4 is 5.32 Å². The maximum Gasteiger partial charge on any atom is 0.328 e. The second-order valence-corrected chi connectivity index (χ2v) is 4.88. The molecule has 0 fully saturated rings. The van der Waals surface area contributed by atoms with E-state index in [1.54, 1.807) is 6.07 Å². The molecule has 6 nitrogen and oxygen atoms in total. The highest BCUT2D eigenvalue weighted by molar-refractivity contribution is 6.31. The summed E-state index contributed by atoms with van der Waals surface area (Å²) in [5, 5.41) is 16.1. The van der Waals surface area contributed by atoms with Crippen molar-refractivity contribution in [1.29, 1.82) is 0 Å². The molecule has 2 N–H and O–H groups in total. The molecular weight excluding hydrogens is 294 g/mol. The average molecular weight is 308 g/mol. The molecule has 0 bridgehead atoms. The summed E-state index contributed by atoms with van der Waals surface area (Å²) in [4.78, 5) is 22.8. The van der Waals surface area contributed by atoms with Crippen molar-refractivity contribution in [3.63, 3.8) is 0 Å². The van der Waals surface area contributed by atoms with Gasteiger partial charge in [-0.15, -0.1) is 0 Å². The van der Waals surface area contributed by atoms with Gasteiger partial charge in [-0.05, 0) is 24.6 Å². The fourth-order valence-corrected chi connectivity index (χ4v) is 1.90. The van der Waals surface area contributed by atoms with Crippen LogP contribution in [0.2, 0.25) is 5.02 Å². The average Bonchev–Trinajstić information content (AvgIpc) is 2.95. The zero-order valence-corrected chi connectivity index (χ0v) is 12.0. The summed E-state index contributed by atoms with van der Waals surface area (Å²) >= 11 is 6.00. The predicted octanol–water partition coefficient (Wildman–Crippen LogP) is 2.11. The lowest BCUT2D eigenvalue weighted by molar-refractivity contribution is -0.140. The van der Waals surface area contributed by atoms with Crippen LogP contribution in [0, 0.1) is 0 Å². The van der Waals surface area contributed by atoms with E-state index in [9.17, 15) is 9.59 Å². The van der Waals surface area contributed by atoms with Crippen LogP contribution in [0.15, 0.2) is 36.5 Å². The molecule has 0 saturated heterocycles. The SMILES string of the molecule is CC(C(=O)O)n1ccc(C(=O)NCc2ccccc2Cl)n1. The Morgan fingerprint density at radius 2 is 2.10 bits per heavy atom. The molecule has 0 aliphatic carbocycles. The normalized spacial score (nSPS) is 11.9. The van der Waals surface area contributed by atoms with Crippen LogP contribution in [0.4, 0.5) is 0 Å². The van der Waals surface area contributed by atoms with Crippen LogP contribution in [0.3, 0.4) is 0 Å². The molecule has 1 heterocycles. The first-order chi connectivity index (χ1) is 9.99. The zero-order valence-electron chi connectivity index (χ0n) is 11.3. The molecule has 1 amide bonds. The van der Waals surface area contributed by atoms with E-state index in [-0.39, 0.29) is 18.1 Å². The number of aromatic nitrogens is 2. The van der Waals surface area contributed by atoms with Gasteiger partial charge in [0.25, 0.3) is 5.91 Å². The Labute approximate surface area is 126 Å². The van der Waals surface area contributed by atoms with Gasteiger partial charge in [-0.2, -0.15) is 5.10 Å². The van der Waals surface area contributed by atoms with Crippen LogP contribution in [-0.2, 0) is 11.3 Å². The lowest BCUT2D eigenvalue weighted by Gasteiger charge is -2.06. The second kappa shape index (κ2) is 6.41. The highest BCUT2D eigenvalue weighted by Gasteiger charge is 2.16. The van der Waals surface area contributed by atoms with Crippen molar-refractivity contribution in [1.82, 2.24) is 15.1 Å². The molecule has 1 aromatic carbocycles. The largest absolute Gasteiger partial charge is 0.480 e. The minimum absolute atomic E-state index is 0.162. The number of hydrogen-bond donors (Lipinski definition) is 2. The molecule has 0 radical (unpaired) electrons. The number of carboxylic acids is 1. The third-order valence-electron chi connectivity index (χ3n) is 2.99. The van der Waals surface area contributed by atoms with Gasteiger partial charge in [0.2, 0.25) is 0 Å². The van der Waals surface area contributed by atoms with Gasteiger partial charge in [-0.1, -0.05) is 29.8 Å². The number of carbonyl (C=O) groups is 2. The Hall–Kier alpha value is -2.34. The molecule has 1 atom stereocenters. The van der Waals surface area contributed by atoms with E-state index >= 15 is 0 Å². The number of rotatable bonds is 5. The van der Waals surface area contributed by atoms with Crippen molar-refractivity contribution >= 4 is 23.5 Å². The second-order valence-electron chi connectivity index (χ2n) is 4.47. The van der Waals surface area contributed by atoms with Gasteiger partial charge in [-0.3, -0.25) is 9.48 Å². The zero-order chi connectivity index (χ0) is 15.4. The fraction of sp³-hybridized carbons (Fsp3) is 0.214. The first kappa shape index (κ1) is 15.1. The maximum absolute atomic E-state index is 12.0. The molecule has 0 saturated carbocycles. The number of halogens is 1. The number of aliphatic carboxylic acids is 1. The lowest BCUT2D eigenvalue weighted by Crippen LogP contribution is -2.24. The molecule has 21 heavy (non-hydrogen) atoms. The Balaban J connectivity index is 2.01. The molecule has 2 aromatic rings. The van der Waals surface area contributed by atoms with Crippen LogP contribution >= 0.6 is 11.6 Å². The molecular formula is C14H14ClN3O3. The summed E-state index contributed by atoms with van der Waals surface area (Å²) in [7, 11) is 0. The highest BCUT2D eigenvalue weighted by Crippen LogP contribution is 2.14. The molecule has 1 unspecified atom stereocenters. The summed E-state index contributed by atoms with van der Waals surface area (Å²) < 4.78 is 1.23. The molecule has 110 valence electrons. The van der Waals surface area contributed by atoms with Gasteiger partial charge < -0.3 is 10.4 Å². The van der Waals surface area contributed by atoms with E-state index in [1.807, 2.05) is 18.2 Å². The number of carbonyl (C=O) groups excluding carboxylic acids is 1. The topological polar surface area (TPSA) is 84.2 Å². The Bertz CT molecular complexity index is 669. The Morgan fingerprint density at radius 3 is 2.76 bits per heavy atom. The van der Waals surface area contributed by atoms with Crippen LogP contribution in [0.5, 0.6) is 0 Å². The minimum atomic E-state index is -1.01. The minimum Gasteiger partial charge on any atom is -0.480 e. The summed E-state index contributed by atoms with van der Waals surface area (Å²) in [6, 6.07) is 7.84. The van der Waals surface area contributed by atoms with Crippen molar-refractivity contribution in [2.24, 2.45) is 0 Å². The van der Waals surface area contributed by atoms with Crippen LogP contribution in [-0.4, -0.2) is 26.8 Å². The van der Waals surface area contributed by atoms with Gasteiger partial charge in [0.1, 0.15) is 11.7 Å². The van der Waals surface area contributed by atoms with E-state index in [2.05, 4.69) is 10.4 Å². The quantitative estimate of drug-likeness (QED) is 0.886. The van der Waals surface area contributed by atoms with Gasteiger partial charge >= 0.3 is 5.97 Å². The molecule has 1 aromatic heterocycles. The number of carboxylic acid groups (broad SMARTS) is 1. The third kappa shape index (κ3) is 3.61. The summed E-state index contributed by atoms with van der Waals surface area (Å²) in [6.07, 6.45) is 1.46. The van der Waals surface area contributed by atoms with E-state index < -0.39 is 12.0 Å². The van der Waals surface area contributed by atoms with Crippen molar-refractivity contribution < 1.29 is 14.7 Å². The molecule has 7 heteroatoms. The number of amides is 1. The Kier molecular flexibility index (Phi) is 4.59. The molecule has 0 aliphatic heterocycles. The van der Waals surface area contributed by atoms with Crippen LogP contribution in [0.1, 0.15) is 29.0 Å². The molecule has 2 rings (SSSR count). The molecule has 0 spiro atoms. The van der Waals surface area contributed by atoms with Gasteiger partial charge in [0.05, 0.1) is 0 Å². The predicted molar refractivity (Wildman–Crippen MR) is 77.2 cm³/mol. The Morgan fingerprint density at radius 1 is 1.38 bits per heavy atom. The van der Waals surface area contributed by atoms with E-state index in [0.717, 1.165) is 5.56 Å². The first-order valence-electron chi connectivity index (χ1n) is 6.28. The van der Waals surface area contributed by atoms with Gasteiger partial charge in [0, 0.05) is 17.8 Å². The van der Waals surface area contributed by atoms with E-state index in [1.165, 1.54) is 23.9 Å². The summed E-state index contributed by atoms with van der Waals surface area (Å²) in [5.74, 6) is -1.40. The third-order valence-corrected chi connectivity index (χ3v) is 3.36. The van der Waals surface area contributed by atoms with Crippen molar-refractivity contribution in [3.8, 4) is 0 Å².